The minimum atomic E-state index is 0.274. The lowest BCUT2D eigenvalue weighted by Crippen LogP contribution is -2.02. The van der Waals surface area contributed by atoms with E-state index in [0.717, 1.165) is 16.8 Å². The predicted molar refractivity (Wildman–Crippen MR) is 99.5 cm³/mol. The largest absolute Gasteiger partial charge is 0.472 e. The lowest BCUT2D eigenvalue weighted by atomic mass is 10.1. The summed E-state index contributed by atoms with van der Waals surface area (Å²) in [4.78, 5) is 0. The Balaban J connectivity index is 1.44. The molecule has 0 radical (unpaired) electrons. The highest BCUT2D eigenvalue weighted by atomic mass is 16.5. The van der Waals surface area contributed by atoms with Gasteiger partial charge in [0.2, 0.25) is 11.7 Å². The minimum absolute atomic E-state index is 0.274. The van der Waals surface area contributed by atoms with Crippen LogP contribution in [0.4, 0.5) is 0 Å². The third-order valence-electron chi connectivity index (χ3n) is 4.38. The molecule has 0 saturated heterocycles. The van der Waals surface area contributed by atoms with Crippen molar-refractivity contribution in [1.29, 1.82) is 0 Å². The number of hydrogen-bond donors (Lipinski definition) is 0. The molecule has 1 aromatic carbocycles. The van der Waals surface area contributed by atoms with Gasteiger partial charge in [0.1, 0.15) is 18.1 Å². The van der Waals surface area contributed by atoms with Crippen LogP contribution in [-0.4, -0.2) is 25.0 Å². The van der Waals surface area contributed by atoms with Crippen LogP contribution in [0.1, 0.15) is 11.3 Å². The molecule has 0 aliphatic rings. The quantitative estimate of drug-likeness (QED) is 0.461. The topological polar surface area (TPSA) is 91.5 Å². The standard InChI is InChI=1S/C20H15N5O3/c1-13-15(19(24-28-13)14-6-3-2-4-7-14)12-27-18-10-9-17-21-22-20(25(17)23-18)16-8-5-11-26-16/h2-11H,12H2,1H3. The van der Waals surface area contributed by atoms with E-state index in [-0.39, 0.29) is 6.61 Å². The van der Waals surface area contributed by atoms with E-state index in [9.17, 15) is 0 Å². The zero-order valence-electron chi connectivity index (χ0n) is 14.9. The first kappa shape index (κ1) is 16.2. The third kappa shape index (κ3) is 2.81. The first-order valence-corrected chi connectivity index (χ1v) is 8.69. The van der Waals surface area contributed by atoms with Gasteiger partial charge in [-0.05, 0) is 25.1 Å². The van der Waals surface area contributed by atoms with Crippen LogP contribution < -0.4 is 4.74 Å². The molecule has 8 heteroatoms. The Hall–Kier alpha value is -3.94. The number of fused-ring (bicyclic) bond motifs is 1. The molecule has 5 rings (SSSR count). The fourth-order valence-electron chi connectivity index (χ4n) is 2.94. The summed E-state index contributed by atoms with van der Waals surface area (Å²) in [6.07, 6.45) is 1.58. The van der Waals surface area contributed by atoms with Crippen LogP contribution in [0.5, 0.6) is 5.88 Å². The maximum Gasteiger partial charge on any atom is 0.232 e. The van der Waals surface area contributed by atoms with Crippen molar-refractivity contribution < 1.29 is 13.7 Å². The van der Waals surface area contributed by atoms with Crippen LogP contribution in [0, 0.1) is 6.92 Å². The van der Waals surface area contributed by atoms with Gasteiger partial charge in [0.25, 0.3) is 0 Å². The zero-order valence-corrected chi connectivity index (χ0v) is 14.9. The van der Waals surface area contributed by atoms with Gasteiger partial charge in [-0.2, -0.15) is 4.52 Å². The number of nitrogens with zero attached hydrogens (tertiary/aromatic N) is 5. The van der Waals surface area contributed by atoms with Crippen molar-refractivity contribution in [3.63, 3.8) is 0 Å². The van der Waals surface area contributed by atoms with E-state index in [1.165, 1.54) is 0 Å². The van der Waals surface area contributed by atoms with Gasteiger partial charge in [-0.25, -0.2) is 0 Å². The molecule has 0 atom stereocenters. The van der Waals surface area contributed by atoms with Crippen LogP contribution in [0.3, 0.4) is 0 Å². The summed E-state index contributed by atoms with van der Waals surface area (Å²) < 4.78 is 18.3. The highest BCUT2D eigenvalue weighted by molar-refractivity contribution is 5.63. The molecule has 0 unspecified atom stereocenters. The molecule has 0 fully saturated rings. The van der Waals surface area contributed by atoms with Gasteiger partial charge in [0, 0.05) is 11.6 Å². The average molecular weight is 373 g/mol. The molecule has 138 valence electrons. The summed E-state index contributed by atoms with van der Waals surface area (Å²) in [5.74, 6) is 2.23. The molecule has 4 heterocycles. The highest BCUT2D eigenvalue weighted by Crippen LogP contribution is 2.26. The van der Waals surface area contributed by atoms with Crippen molar-refractivity contribution in [3.05, 3.63) is 72.2 Å². The van der Waals surface area contributed by atoms with Crippen molar-refractivity contribution in [2.24, 2.45) is 0 Å². The molecule has 0 spiro atoms. The van der Waals surface area contributed by atoms with Crippen LogP contribution in [0.2, 0.25) is 0 Å². The first-order chi connectivity index (χ1) is 13.8. The van der Waals surface area contributed by atoms with Crippen molar-refractivity contribution in [2.75, 3.05) is 0 Å². The third-order valence-corrected chi connectivity index (χ3v) is 4.38. The monoisotopic (exact) mass is 373 g/mol. The van der Waals surface area contributed by atoms with Gasteiger partial charge < -0.3 is 13.7 Å². The molecule has 0 aliphatic heterocycles. The second kappa shape index (κ2) is 6.66. The molecular formula is C20H15N5O3. The fraction of sp³-hybridized carbons (Fsp3) is 0.100. The molecular weight excluding hydrogens is 358 g/mol. The summed E-state index contributed by atoms with van der Waals surface area (Å²) in [6.45, 7) is 2.14. The molecule has 8 nitrogen and oxygen atoms in total. The molecule has 0 amide bonds. The number of benzene rings is 1. The van der Waals surface area contributed by atoms with E-state index in [1.807, 2.05) is 37.3 Å². The fourth-order valence-corrected chi connectivity index (χ4v) is 2.94. The maximum absolute atomic E-state index is 5.93. The summed E-state index contributed by atoms with van der Waals surface area (Å²) in [7, 11) is 0. The predicted octanol–water partition coefficient (Wildman–Crippen LogP) is 3.93. The Kier molecular flexibility index (Phi) is 3.86. The zero-order chi connectivity index (χ0) is 18.9. The van der Waals surface area contributed by atoms with Crippen molar-refractivity contribution >= 4 is 5.65 Å². The average Bonchev–Trinajstić information content (AvgIpc) is 3.46. The number of rotatable bonds is 5. The van der Waals surface area contributed by atoms with Gasteiger partial charge in [-0.15, -0.1) is 15.3 Å². The van der Waals surface area contributed by atoms with Gasteiger partial charge in [-0.1, -0.05) is 35.5 Å². The van der Waals surface area contributed by atoms with Crippen molar-refractivity contribution in [1.82, 2.24) is 25.0 Å². The normalized spacial score (nSPS) is 11.2. The lowest BCUT2D eigenvalue weighted by molar-refractivity contribution is 0.286. The number of ether oxygens (including phenoxy) is 1. The number of furan rings is 1. The SMILES string of the molecule is Cc1onc(-c2ccccc2)c1COc1ccc2nnc(-c3ccco3)n2n1. The molecule has 0 saturated carbocycles. The smallest absolute Gasteiger partial charge is 0.232 e. The van der Waals surface area contributed by atoms with E-state index in [2.05, 4.69) is 20.5 Å². The Labute approximate surface area is 159 Å². The number of aromatic nitrogens is 5. The molecule has 0 bridgehead atoms. The van der Waals surface area contributed by atoms with Gasteiger partial charge in [-0.3, -0.25) is 0 Å². The van der Waals surface area contributed by atoms with Crippen LogP contribution in [-0.2, 0) is 6.61 Å². The van der Waals surface area contributed by atoms with E-state index in [4.69, 9.17) is 13.7 Å². The first-order valence-electron chi connectivity index (χ1n) is 8.69. The summed E-state index contributed by atoms with van der Waals surface area (Å²) in [5, 5.41) is 16.9. The van der Waals surface area contributed by atoms with Gasteiger partial charge >= 0.3 is 0 Å². The number of aryl methyl sites for hydroxylation is 1. The van der Waals surface area contributed by atoms with Crippen molar-refractivity contribution in [2.45, 2.75) is 13.5 Å². The van der Waals surface area contributed by atoms with Gasteiger partial charge in [0.05, 0.1) is 11.8 Å². The van der Waals surface area contributed by atoms with Crippen molar-refractivity contribution in [3.8, 4) is 28.7 Å². The second-order valence-electron chi connectivity index (χ2n) is 6.16. The Morgan fingerprint density at radius 1 is 1.00 bits per heavy atom. The Bertz CT molecular complexity index is 1230. The highest BCUT2D eigenvalue weighted by Gasteiger charge is 2.17. The molecule has 0 aliphatic carbocycles. The molecule has 4 aromatic heterocycles. The maximum atomic E-state index is 5.93. The van der Waals surface area contributed by atoms with Crippen LogP contribution in [0.15, 0.2) is 69.8 Å². The van der Waals surface area contributed by atoms with E-state index in [1.54, 1.807) is 35.0 Å². The van der Waals surface area contributed by atoms with Crippen LogP contribution >= 0.6 is 0 Å². The summed E-state index contributed by atoms with van der Waals surface area (Å²) in [6, 6.07) is 17.0. The Morgan fingerprint density at radius 2 is 1.89 bits per heavy atom. The van der Waals surface area contributed by atoms with E-state index in [0.29, 0.717) is 28.9 Å². The van der Waals surface area contributed by atoms with Crippen LogP contribution in [0.25, 0.3) is 28.5 Å². The lowest BCUT2D eigenvalue weighted by Gasteiger charge is -2.06. The Morgan fingerprint density at radius 3 is 2.71 bits per heavy atom. The second-order valence-corrected chi connectivity index (χ2v) is 6.16. The number of hydrogen-bond acceptors (Lipinski definition) is 7. The summed E-state index contributed by atoms with van der Waals surface area (Å²) in [5.41, 5.74) is 3.22. The molecule has 28 heavy (non-hydrogen) atoms. The molecule has 5 aromatic rings. The van der Waals surface area contributed by atoms with E-state index < -0.39 is 0 Å². The van der Waals surface area contributed by atoms with E-state index >= 15 is 0 Å². The molecule has 0 N–H and O–H groups in total. The summed E-state index contributed by atoms with van der Waals surface area (Å²) >= 11 is 0. The minimum Gasteiger partial charge on any atom is -0.472 e. The van der Waals surface area contributed by atoms with Gasteiger partial charge in [0.15, 0.2) is 11.4 Å².